The number of benzene rings is 1. The van der Waals surface area contributed by atoms with Gasteiger partial charge in [-0.25, -0.2) is 4.72 Å². The Morgan fingerprint density at radius 2 is 1.82 bits per heavy atom. The fourth-order valence-electron chi connectivity index (χ4n) is 2.96. The SMILES string of the molecule is O=S(=O)(NCCN1CCc2ccccc2C1)N1CCOCC1. The first kappa shape index (κ1) is 15.9. The highest BCUT2D eigenvalue weighted by molar-refractivity contribution is 7.87. The first-order chi connectivity index (χ1) is 10.6. The summed E-state index contributed by atoms with van der Waals surface area (Å²) in [6.07, 6.45) is 1.03. The molecule has 1 saturated heterocycles. The summed E-state index contributed by atoms with van der Waals surface area (Å²) >= 11 is 0. The monoisotopic (exact) mass is 325 g/mol. The highest BCUT2D eigenvalue weighted by Crippen LogP contribution is 2.17. The van der Waals surface area contributed by atoms with Crippen molar-refractivity contribution in [1.82, 2.24) is 13.9 Å². The molecule has 0 amide bonds. The van der Waals surface area contributed by atoms with Crippen molar-refractivity contribution >= 4 is 10.2 Å². The molecule has 1 aromatic carbocycles. The number of hydrogen-bond donors (Lipinski definition) is 1. The Balaban J connectivity index is 1.47. The van der Waals surface area contributed by atoms with Crippen LogP contribution in [-0.4, -0.2) is 63.6 Å². The summed E-state index contributed by atoms with van der Waals surface area (Å²) in [6.45, 7) is 4.89. The van der Waals surface area contributed by atoms with Gasteiger partial charge >= 0.3 is 0 Å². The smallest absolute Gasteiger partial charge is 0.279 e. The molecular formula is C15H23N3O3S. The Morgan fingerprint density at radius 1 is 1.09 bits per heavy atom. The Kier molecular flexibility index (Phi) is 5.10. The molecule has 0 atom stereocenters. The summed E-state index contributed by atoms with van der Waals surface area (Å²) in [5, 5.41) is 0. The third-order valence-electron chi connectivity index (χ3n) is 4.23. The van der Waals surface area contributed by atoms with Gasteiger partial charge in [0.15, 0.2) is 0 Å². The molecule has 6 nitrogen and oxygen atoms in total. The van der Waals surface area contributed by atoms with E-state index in [9.17, 15) is 8.42 Å². The Bertz CT molecular complexity index is 600. The van der Waals surface area contributed by atoms with Crippen molar-refractivity contribution in [2.75, 3.05) is 45.9 Å². The quantitative estimate of drug-likeness (QED) is 0.841. The zero-order valence-electron chi connectivity index (χ0n) is 12.7. The number of morpholine rings is 1. The molecule has 122 valence electrons. The van der Waals surface area contributed by atoms with Gasteiger partial charge in [-0.1, -0.05) is 24.3 Å². The molecular weight excluding hydrogens is 302 g/mol. The first-order valence-electron chi connectivity index (χ1n) is 7.77. The predicted octanol–water partition coefficient (Wildman–Crippen LogP) is 0.211. The molecule has 0 aliphatic carbocycles. The van der Waals surface area contributed by atoms with E-state index in [1.807, 2.05) is 0 Å². The van der Waals surface area contributed by atoms with Gasteiger partial charge in [0.25, 0.3) is 10.2 Å². The zero-order valence-corrected chi connectivity index (χ0v) is 13.5. The average molecular weight is 325 g/mol. The van der Waals surface area contributed by atoms with E-state index in [1.54, 1.807) is 0 Å². The number of nitrogens with one attached hydrogen (secondary N) is 1. The molecule has 7 heteroatoms. The summed E-state index contributed by atoms with van der Waals surface area (Å²) in [7, 11) is -3.37. The van der Waals surface area contributed by atoms with Crippen LogP contribution in [0.1, 0.15) is 11.1 Å². The van der Waals surface area contributed by atoms with E-state index in [0.29, 0.717) is 32.8 Å². The van der Waals surface area contributed by atoms with Crippen LogP contribution in [-0.2, 0) is 27.9 Å². The van der Waals surface area contributed by atoms with Crippen molar-refractivity contribution in [2.45, 2.75) is 13.0 Å². The fraction of sp³-hybridized carbons (Fsp3) is 0.600. The number of ether oxygens (including phenoxy) is 1. The van der Waals surface area contributed by atoms with Gasteiger partial charge in [-0.2, -0.15) is 12.7 Å². The van der Waals surface area contributed by atoms with Crippen LogP contribution >= 0.6 is 0 Å². The average Bonchev–Trinajstić information content (AvgIpc) is 2.55. The summed E-state index contributed by atoms with van der Waals surface area (Å²) < 4.78 is 33.7. The third kappa shape index (κ3) is 3.85. The van der Waals surface area contributed by atoms with Gasteiger partial charge in [0.1, 0.15) is 0 Å². The van der Waals surface area contributed by atoms with Gasteiger partial charge < -0.3 is 4.74 Å². The van der Waals surface area contributed by atoms with E-state index in [4.69, 9.17) is 4.74 Å². The van der Waals surface area contributed by atoms with E-state index in [0.717, 1.165) is 26.1 Å². The molecule has 1 aromatic rings. The lowest BCUT2D eigenvalue weighted by atomic mass is 10.0. The van der Waals surface area contributed by atoms with Crippen molar-refractivity contribution < 1.29 is 13.2 Å². The van der Waals surface area contributed by atoms with Gasteiger partial charge in [0.2, 0.25) is 0 Å². The molecule has 1 N–H and O–H groups in total. The van der Waals surface area contributed by atoms with E-state index in [1.165, 1.54) is 15.4 Å². The lowest BCUT2D eigenvalue weighted by molar-refractivity contribution is 0.0724. The van der Waals surface area contributed by atoms with Gasteiger partial charge in [-0.05, 0) is 17.5 Å². The minimum absolute atomic E-state index is 0.437. The second-order valence-corrected chi connectivity index (χ2v) is 7.46. The maximum absolute atomic E-state index is 12.2. The third-order valence-corrected chi connectivity index (χ3v) is 5.85. The first-order valence-corrected chi connectivity index (χ1v) is 9.21. The molecule has 2 aliphatic rings. The normalized spacial score (nSPS) is 20.7. The predicted molar refractivity (Wildman–Crippen MR) is 84.7 cm³/mol. The fourth-order valence-corrected chi connectivity index (χ4v) is 4.12. The molecule has 0 spiro atoms. The van der Waals surface area contributed by atoms with Gasteiger partial charge in [0, 0.05) is 39.3 Å². The molecule has 0 radical (unpaired) electrons. The molecule has 22 heavy (non-hydrogen) atoms. The molecule has 0 bridgehead atoms. The van der Waals surface area contributed by atoms with Crippen LogP contribution in [0.3, 0.4) is 0 Å². The summed E-state index contributed by atoms with van der Waals surface area (Å²) in [5.41, 5.74) is 2.76. The van der Waals surface area contributed by atoms with E-state index in [2.05, 4.69) is 33.9 Å². The van der Waals surface area contributed by atoms with Crippen molar-refractivity contribution in [3.05, 3.63) is 35.4 Å². The highest BCUT2D eigenvalue weighted by Gasteiger charge is 2.24. The standard InChI is InChI=1S/C15H23N3O3S/c19-22(20,18-9-11-21-12-10-18)16-6-8-17-7-5-14-3-1-2-4-15(14)13-17/h1-4,16H,5-13H2. The van der Waals surface area contributed by atoms with Gasteiger partial charge in [0.05, 0.1) is 13.2 Å². The number of fused-ring (bicyclic) bond motifs is 1. The van der Waals surface area contributed by atoms with Gasteiger partial charge in [-0.15, -0.1) is 0 Å². The van der Waals surface area contributed by atoms with E-state index in [-0.39, 0.29) is 0 Å². The maximum Gasteiger partial charge on any atom is 0.279 e. The van der Waals surface area contributed by atoms with Gasteiger partial charge in [-0.3, -0.25) is 4.90 Å². The maximum atomic E-state index is 12.2. The van der Waals surface area contributed by atoms with Crippen LogP contribution in [0.15, 0.2) is 24.3 Å². The lowest BCUT2D eigenvalue weighted by Crippen LogP contribution is -2.48. The van der Waals surface area contributed by atoms with Crippen LogP contribution < -0.4 is 4.72 Å². The van der Waals surface area contributed by atoms with E-state index >= 15 is 0 Å². The minimum atomic E-state index is -3.37. The van der Waals surface area contributed by atoms with Crippen LogP contribution in [0, 0.1) is 0 Å². The van der Waals surface area contributed by atoms with Crippen molar-refractivity contribution in [3.63, 3.8) is 0 Å². The molecule has 3 rings (SSSR count). The Morgan fingerprint density at radius 3 is 2.59 bits per heavy atom. The van der Waals surface area contributed by atoms with Crippen LogP contribution in [0.5, 0.6) is 0 Å². The molecule has 2 heterocycles. The number of nitrogens with zero attached hydrogens (tertiary/aromatic N) is 2. The second kappa shape index (κ2) is 7.06. The number of hydrogen-bond acceptors (Lipinski definition) is 4. The largest absolute Gasteiger partial charge is 0.379 e. The summed E-state index contributed by atoms with van der Waals surface area (Å²) in [6, 6.07) is 8.46. The van der Waals surface area contributed by atoms with Crippen LogP contribution in [0.2, 0.25) is 0 Å². The summed E-state index contributed by atoms with van der Waals surface area (Å²) in [4.78, 5) is 2.30. The van der Waals surface area contributed by atoms with Crippen LogP contribution in [0.25, 0.3) is 0 Å². The second-order valence-electron chi connectivity index (χ2n) is 5.71. The summed E-state index contributed by atoms with van der Waals surface area (Å²) in [5.74, 6) is 0. The van der Waals surface area contributed by atoms with Crippen molar-refractivity contribution in [3.8, 4) is 0 Å². The molecule has 0 saturated carbocycles. The zero-order chi connectivity index (χ0) is 15.4. The lowest BCUT2D eigenvalue weighted by Gasteiger charge is -2.30. The number of rotatable bonds is 5. The Labute approximate surface area is 132 Å². The Hall–Kier alpha value is -0.990. The van der Waals surface area contributed by atoms with Crippen LogP contribution in [0.4, 0.5) is 0 Å². The molecule has 1 fully saturated rings. The van der Waals surface area contributed by atoms with Crippen molar-refractivity contribution in [1.29, 1.82) is 0 Å². The van der Waals surface area contributed by atoms with E-state index < -0.39 is 10.2 Å². The molecule has 0 unspecified atom stereocenters. The topological polar surface area (TPSA) is 61.9 Å². The van der Waals surface area contributed by atoms with Crippen molar-refractivity contribution in [2.24, 2.45) is 0 Å². The minimum Gasteiger partial charge on any atom is -0.379 e. The molecule has 2 aliphatic heterocycles. The molecule has 0 aromatic heterocycles. The highest BCUT2D eigenvalue weighted by atomic mass is 32.2.